The van der Waals surface area contributed by atoms with Gasteiger partial charge in [-0.15, -0.1) is 0 Å². The van der Waals surface area contributed by atoms with Gasteiger partial charge in [0.2, 0.25) is 0 Å². The third-order valence-electron chi connectivity index (χ3n) is 4.15. The SMILES string of the molecule is CC(C)CN1C(=O)C(=O)C(=C(O)c2ccccc2)C1c1cccnc1. The molecule has 0 radical (unpaired) electrons. The minimum absolute atomic E-state index is 0.116. The van der Waals surface area contributed by atoms with Crippen molar-refractivity contribution in [3.8, 4) is 0 Å². The first-order chi connectivity index (χ1) is 12.0. The van der Waals surface area contributed by atoms with E-state index in [4.69, 9.17) is 0 Å². The number of hydrogen-bond acceptors (Lipinski definition) is 4. The molecule has 5 nitrogen and oxygen atoms in total. The molecule has 1 aromatic carbocycles. The Morgan fingerprint density at radius 1 is 1.16 bits per heavy atom. The Morgan fingerprint density at radius 2 is 1.88 bits per heavy atom. The highest BCUT2D eigenvalue weighted by Crippen LogP contribution is 2.39. The highest BCUT2D eigenvalue weighted by molar-refractivity contribution is 6.46. The van der Waals surface area contributed by atoms with Crippen LogP contribution in [0, 0.1) is 5.92 Å². The van der Waals surface area contributed by atoms with Crippen LogP contribution in [0.15, 0.2) is 60.4 Å². The van der Waals surface area contributed by atoms with Gasteiger partial charge in [0, 0.05) is 24.5 Å². The van der Waals surface area contributed by atoms with Gasteiger partial charge in [-0.05, 0) is 17.5 Å². The number of carbonyl (C=O) groups excluding carboxylic acids is 2. The molecule has 2 aromatic rings. The van der Waals surface area contributed by atoms with Crippen LogP contribution < -0.4 is 0 Å². The summed E-state index contributed by atoms with van der Waals surface area (Å²) >= 11 is 0. The van der Waals surface area contributed by atoms with Crippen LogP contribution in [-0.2, 0) is 9.59 Å². The normalized spacial score (nSPS) is 19.6. The molecule has 1 amide bonds. The van der Waals surface area contributed by atoms with Crippen LogP contribution in [0.5, 0.6) is 0 Å². The van der Waals surface area contributed by atoms with Crippen molar-refractivity contribution in [2.75, 3.05) is 6.54 Å². The predicted molar refractivity (Wildman–Crippen MR) is 94.5 cm³/mol. The summed E-state index contributed by atoms with van der Waals surface area (Å²) in [5, 5.41) is 10.8. The zero-order valence-electron chi connectivity index (χ0n) is 14.2. The summed E-state index contributed by atoms with van der Waals surface area (Å²) < 4.78 is 0. The number of likely N-dealkylation sites (tertiary alicyclic amines) is 1. The topological polar surface area (TPSA) is 70.5 Å². The van der Waals surface area contributed by atoms with Crippen molar-refractivity contribution in [2.45, 2.75) is 19.9 Å². The Labute approximate surface area is 146 Å². The number of nitrogens with zero attached hydrogens (tertiary/aromatic N) is 2. The van der Waals surface area contributed by atoms with Crippen LogP contribution in [0.2, 0.25) is 0 Å². The van der Waals surface area contributed by atoms with Crippen molar-refractivity contribution in [3.63, 3.8) is 0 Å². The van der Waals surface area contributed by atoms with E-state index in [1.807, 2.05) is 26.0 Å². The Kier molecular flexibility index (Phi) is 4.65. The number of ketones is 1. The summed E-state index contributed by atoms with van der Waals surface area (Å²) in [4.78, 5) is 30.9. The fourth-order valence-electron chi connectivity index (χ4n) is 3.10. The average Bonchev–Trinajstić information content (AvgIpc) is 2.87. The molecule has 5 heteroatoms. The summed E-state index contributed by atoms with van der Waals surface area (Å²) in [6, 6.07) is 11.7. The largest absolute Gasteiger partial charge is 0.507 e. The fraction of sp³-hybridized carbons (Fsp3) is 0.250. The second-order valence-electron chi connectivity index (χ2n) is 6.50. The average molecular weight is 336 g/mol. The molecule has 1 atom stereocenters. The van der Waals surface area contributed by atoms with Crippen LogP contribution in [0.1, 0.15) is 31.0 Å². The molecule has 128 valence electrons. The summed E-state index contributed by atoms with van der Waals surface area (Å²) in [7, 11) is 0. The number of benzene rings is 1. The molecule has 1 aromatic heterocycles. The molecule has 1 fully saturated rings. The van der Waals surface area contributed by atoms with Crippen molar-refractivity contribution >= 4 is 17.4 Å². The Bertz CT molecular complexity index is 813. The molecule has 1 aliphatic rings. The van der Waals surface area contributed by atoms with E-state index in [2.05, 4.69) is 4.98 Å². The maximum atomic E-state index is 12.7. The molecule has 1 unspecified atom stereocenters. The van der Waals surface area contributed by atoms with Gasteiger partial charge >= 0.3 is 0 Å². The molecule has 0 bridgehead atoms. The van der Waals surface area contributed by atoms with Gasteiger partial charge in [0.15, 0.2) is 0 Å². The van der Waals surface area contributed by atoms with Crippen molar-refractivity contribution in [1.82, 2.24) is 9.88 Å². The first-order valence-electron chi connectivity index (χ1n) is 8.24. The molecule has 1 N–H and O–H groups in total. The van der Waals surface area contributed by atoms with Gasteiger partial charge in [-0.25, -0.2) is 0 Å². The first kappa shape index (κ1) is 16.9. The molecule has 0 spiro atoms. The number of hydrogen-bond donors (Lipinski definition) is 1. The predicted octanol–water partition coefficient (Wildman–Crippen LogP) is 3.16. The van der Waals surface area contributed by atoms with E-state index >= 15 is 0 Å². The Morgan fingerprint density at radius 3 is 2.48 bits per heavy atom. The van der Waals surface area contributed by atoms with E-state index in [0.29, 0.717) is 17.7 Å². The summed E-state index contributed by atoms with van der Waals surface area (Å²) in [5.41, 5.74) is 1.34. The molecule has 2 heterocycles. The van der Waals surface area contributed by atoms with Crippen molar-refractivity contribution in [3.05, 3.63) is 71.6 Å². The van der Waals surface area contributed by atoms with Gasteiger partial charge < -0.3 is 10.0 Å². The van der Waals surface area contributed by atoms with E-state index in [0.717, 1.165) is 0 Å². The lowest BCUT2D eigenvalue weighted by Crippen LogP contribution is -2.33. The maximum absolute atomic E-state index is 12.7. The van der Waals surface area contributed by atoms with Gasteiger partial charge in [0.05, 0.1) is 11.6 Å². The number of rotatable bonds is 4. The number of aliphatic hydroxyl groups excluding tert-OH is 1. The highest BCUT2D eigenvalue weighted by atomic mass is 16.3. The Balaban J connectivity index is 2.18. The van der Waals surface area contributed by atoms with Crippen LogP contribution in [0.3, 0.4) is 0 Å². The van der Waals surface area contributed by atoms with Gasteiger partial charge in [-0.2, -0.15) is 0 Å². The number of aromatic nitrogens is 1. The van der Waals surface area contributed by atoms with E-state index < -0.39 is 17.7 Å². The molecule has 1 aliphatic heterocycles. The zero-order valence-corrected chi connectivity index (χ0v) is 14.2. The third kappa shape index (κ3) is 3.18. The zero-order chi connectivity index (χ0) is 18.0. The van der Waals surface area contributed by atoms with Crippen LogP contribution >= 0.6 is 0 Å². The minimum Gasteiger partial charge on any atom is -0.507 e. The van der Waals surface area contributed by atoms with Gasteiger partial charge in [0.25, 0.3) is 11.7 Å². The molecular weight excluding hydrogens is 316 g/mol. The number of Topliss-reactive ketones (excluding diaryl/α,β-unsaturated/α-hetero) is 1. The minimum atomic E-state index is -0.657. The monoisotopic (exact) mass is 336 g/mol. The second kappa shape index (κ2) is 6.89. The second-order valence-corrected chi connectivity index (χ2v) is 6.50. The summed E-state index contributed by atoms with van der Waals surface area (Å²) in [6.07, 6.45) is 3.26. The van der Waals surface area contributed by atoms with Crippen LogP contribution in [0.4, 0.5) is 0 Å². The fourth-order valence-corrected chi connectivity index (χ4v) is 3.10. The van der Waals surface area contributed by atoms with Gasteiger partial charge in [0.1, 0.15) is 5.76 Å². The number of carbonyl (C=O) groups is 2. The van der Waals surface area contributed by atoms with E-state index in [-0.39, 0.29) is 17.3 Å². The van der Waals surface area contributed by atoms with E-state index in [1.54, 1.807) is 42.7 Å². The summed E-state index contributed by atoms with van der Waals surface area (Å²) in [6.45, 7) is 4.39. The molecule has 0 aliphatic carbocycles. The van der Waals surface area contributed by atoms with Crippen LogP contribution in [0.25, 0.3) is 5.76 Å². The lowest BCUT2D eigenvalue weighted by Gasteiger charge is -2.26. The standard InChI is InChI=1S/C20H20N2O3/c1-13(2)12-22-17(15-9-6-10-21-11-15)16(19(24)20(22)25)18(23)14-7-4-3-5-8-14/h3-11,13,17,23H,12H2,1-2H3. The van der Waals surface area contributed by atoms with E-state index in [1.165, 1.54) is 4.90 Å². The smallest absolute Gasteiger partial charge is 0.295 e. The van der Waals surface area contributed by atoms with Crippen molar-refractivity contribution < 1.29 is 14.7 Å². The van der Waals surface area contributed by atoms with E-state index in [9.17, 15) is 14.7 Å². The third-order valence-corrected chi connectivity index (χ3v) is 4.15. The molecular formula is C20H20N2O3. The molecule has 3 rings (SSSR count). The quantitative estimate of drug-likeness (QED) is 0.529. The molecule has 25 heavy (non-hydrogen) atoms. The number of aliphatic hydroxyl groups is 1. The molecule has 1 saturated heterocycles. The lowest BCUT2D eigenvalue weighted by molar-refractivity contribution is -0.140. The number of amides is 1. The van der Waals surface area contributed by atoms with Crippen LogP contribution in [-0.4, -0.2) is 33.2 Å². The van der Waals surface area contributed by atoms with Gasteiger partial charge in [-0.1, -0.05) is 50.2 Å². The highest BCUT2D eigenvalue weighted by Gasteiger charge is 2.46. The van der Waals surface area contributed by atoms with Crippen molar-refractivity contribution in [2.24, 2.45) is 5.92 Å². The molecule has 0 saturated carbocycles. The van der Waals surface area contributed by atoms with Gasteiger partial charge in [-0.3, -0.25) is 14.6 Å². The number of pyridine rings is 1. The summed E-state index contributed by atoms with van der Waals surface area (Å²) in [5.74, 6) is -1.20. The maximum Gasteiger partial charge on any atom is 0.295 e. The van der Waals surface area contributed by atoms with Crippen molar-refractivity contribution in [1.29, 1.82) is 0 Å². The lowest BCUT2D eigenvalue weighted by atomic mass is 9.96. The Hall–Kier alpha value is -2.95. The first-order valence-corrected chi connectivity index (χ1v) is 8.24.